The van der Waals surface area contributed by atoms with E-state index in [0.29, 0.717) is 29.5 Å². The molecule has 7 heteroatoms. The van der Waals surface area contributed by atoms with E-state index < -0.39 is 16.9 Å². The van der Waals surface area contributed by atoms with E-state index in [0.717, 1.165) is 5.56 Å². The lowest BCUT2D eigenvalue weighted by Crippen LogP contribution is -2.51. The maximum Gasteiger partial charge on any atom is 0.349 e. The fraction of sp³-hybridized carbons (Fsp3) is 0.217. The topological polar surface area (TPSA) is 105 Å². The standard InChI is InChI=1S/C23H20N2O5/c1-2-23(12-11-19(26)25-22(23)29)15-7-9-16(10-8-15)24-20(27)17-13-14-5-3-4-6-18(14)30-21(17)28/h3-10,13H,2,11-12H2,1H3,(H,24,27)(H,25,26,29). The minimum absolute atomic E-state index is 0.0898. The maximum atomic E-state index is 12.6. The van der Waals surface area contributed by atoms with Crippen LogP contribution in [0.3, 0.4) is 0 Å². The molecule has 2 aromatic carbocycles. The first-order valence-corrected chi connectivity index (χ1v) is 9.72. The number of imide groups is 1. The van der Waals surface area contributed by atoms with E-state index in [-0.39, 0.29) is 23.8 Å². The van der Waals surface area contributed by atoms with Crippen molar-refractivity contribution in [2.75, 3.05) is 5.32 Å². The Morgan fingerprint density at radius 2 is 1.83 bits per heavy atom. The Kier molecular flexibility index (Phi) is 4.95. The lowest BCUT2D eigenvalue weighted by molar-refractivity contribution is -0.138. The summed E-state index contributed by atoms with van der Waals surface area (Å²) >= 11 is 0. The molecular weight excluding hydrogens is 384 g/mol. The third kappa shape index (κ3) is 3.39. The van der Waals surface area contributed by atoms with Crippen molar-refractivity contribution in [2.45, 2.75) is 31.6 Å². The lowest BCUT2D eigenvalue weighted by atomic mass is 9.72. The zero-order chi connectivity index (χ0) is 21.3. The van der Waals surface area contributed by atoms with Gasteiger partial charge in [-0.2, -0.15) is 0 Å². The quantitative estimate of drug-likeness (QED) is 0.513. The molecule has 1 aliphatic rings. The SMILES string of the molecule is CCC1(c2ccc(NC(=O)c3cc4ccccc4oc3=O)cc2)CCC(=O)NC1=O. The van der Waals surface area contributed by atoms with Gasteiger partial charge in [-0.05, 0) is 42.7 Å². The first-order valence-electron chi connectivity index (χ1n) is 9.72. The van der Waals surface area contributed by atoms with Gasteiger partial charge in [0, 0.05) is 17.5 Å². The molecule has 3 aromatic rings. The highest BCUT2D eigenvalue weighted by molar-refractivity contribution is 6.06. The van der Waals surface area contributed by atoms with Crippen LogP contribution in [0.5, 0.6) is 0 Å². The number of nitrogens with one attached hydrogen (secondary N) is 2. The van der Waals surface area contributed by atoms with E-state index in [4.69, 9.17) is 4.42 Å². The minimum atomic E-state index is -0.768. The number of fused-ring (bicyclic) bond motifs is 1. The molecule has 1 aliphatic heterocycles. The molecule has 1 aromatic heterocycles. The van der Waals surface area contributed by atoms with Crippen molar-refractivity contribution in [2.24, 2.45) is 0 Å². The van der Waals surface area contributed by atoms with Crippen LogP contribution in [0.2, 0.25) is 0 Å². The van der Waals surface area contributed by atoms with Gasteiger partial charge in [-0.1, -0.05) is 37.3 Å². The van der Waals surface area contributed by atoms with Crippen molar-refractivity contribution in [3.63, 3.8) is 0 Å². The number of carbonyl (C=O) groups excluding carboxylic acids is 3. The third-order valence-electron chi connectivity index (χ3n) is 5.65. The smallest absolute Gasteiger partial charge is 0.349 e. The largest absolute Gasteiger partial charge is 0.422 e. The highest BCUT2D eigenvalue weighted by atomic mass is 16.4. The van der Waals surface area contributed by atoms with Gasteiger partial charge in [0.15, 0.2) is 0 Å². The van der Waals surface area contributed by atoms with Gasteiger partial charge in [0.25, 0.3) is 5.91 Å². The Balaban J connectivity index is 1.57. The number of benzene rings is 2. The third-order valence-corrected chi connectivity index (χ3v) is 5.65. The average Bonchev–Trinajstić information content (AvgIpc) is 2.74. The molecule has 1 atom stereocenters. The van der Waals surface area contributed by atoms with Crippen LogP contribution < -0.4 is 16.3 Å². The molecule has 1 saturated heterocycles. The molecule has 30 heavy (non-hydrogen) atoms. The fourth-order valence-corrected chi connectivity index (χ4v) is 3.86. The van der Waals surface area contributed by atoms with Gasteiger partial charge in [0.05, 0.1) is 5.41 Å². The number of hydrogen-bond donors (Lipinski definition) is 2. The molecule has 0 saturated carbocycles. The first kappa shape index (κ1) is 19.6. The predicted molar refractivity (Wildman–Crippen MR) is 111 cm³/mol. The van der Waals surface area contributed by atoms with Crippen molar-refractivity contribution >= 4 is 34.4 Å². The van der Waals surface area contributed by atoms with Gasteiger partial charge < -0.3 is 9.73 Å². The molecule has 0 spiro atoms. The Labute approximate surface area is 172 Å². The molecule has 7 nitrogen and oxygen atoms in total. The zero-order valence-corrected chi connectivity index (χ0v) is 16.4. The van der Waals surface area contributed by atoms with Gasteiger partial charge in [-0.25, -0.2) is 4.79 Å². The average molecular weight is 404 g/mol. The Morgan fingerprint density at radius 1 is 1.10 bits per heavy atom. The second-order valence-corrected chi connectivity index (χ2v) is 7.33. The number of piperidine rings is 1. The molecule has 0 aliphatic carbocycles. The van der Waals surface area contributed by atoms with E-state index in [1.54, 1.807) is 48.5 Å². The number of para-hydroxylation sites is 1. The summed E-state index contributed by atoms with van der Waals surface area (Å²) < 4.78 is 5.21. The van der Waals surface area contributed by atoms with Crippen molar-refractivity contribution < 1.29 is 18.8 Å². The molecule has 1 unspecified atom stereocenters. The predicted octanol–water partition coefficient (Wildman–Crippen LogP) is 3.13. The van der Waals surface area contributed by atoms with Gasteiger partial charge in [0.1, 0.15) is 11.1 Å². The van der Waals surface area contributed by atoms with E-state index in [1.165, 1.54) is 6.07 Å². The van der Waals surface area contributed by atoms with Gasteiger partial charge in [0.2, 0.25) is 11.8 Å². The summed E-state index contributed by atoms with van der Waals surface area (Å²) in [4.78, 5) is 48.8. The van der Waals surface area contributed by atoms with E-state index in [9.17, 15) is 19.2 Å². The van der Waals surface area contributed by atoms with Crippen molar-refractivity contribution in [3.05, 3.63) is 76.1 Å². The number of anilines is 1. The summed E-state index contributed by atoms with van der Waals surface area (Å²) in [5.41, 5.74) is 0.102. The molecule has 2 N–H and O–H groups in total. The Bertz CT molecular complexity index is 1210. The van der Waals surface area contributed by atoms with Crippen LogP contribution >= 0.6 is 0 Å². The molecule has 0 bridgehead atoms. The Hall–Kier alpha value is -3.74. The van der Waals surface area contributed by atoms with E-state index in [1.807, 2.05) is 6.92 Å². The summed E-state index contributed by atoms with van der Waals surface area (Å²) in [5, 5.41) is 5.76. The number of carbonyl (C=O) groups is 3. The summed E-state index contributed by atoms with van der Waals surface area (Å²) in [6, 6.07) is 15.3. The fourth-order valence-electron chi connectivity index (χ4n) is 3.86. The van der Waals surface area contributed by atoms with E-state index in [2.05, 4.69) is 10.6 Å². The normalized spacial score (nSPS) is 18.8. The van der Waals surface area contributed by atoms with Crippen molar-refractivity contribution in [3.8, 4) is 0 Å². The van der Waals surface area contributed by atoms with Crippen LogP contribution in [0, 0.1) is 0 Å². The molecule has 152 valence electrons. The molecule has 3 amide bonds. The van der Waals surface area contributed by atoms with Crippen LogP contribution in [0.4, 0.5) is 5.69 Å². The van der Waals surface area contributed by atoms with Gasteiger partial charge >= 0.3 is 5.63 Å². The van der Waals surface area contributed by atoms with Gasteiger partial charge in [-0.3, -0.25) is 19.7 Å². The van der Waals surface area contributed by atoms with Crippen molar-refractivity contribution in [1.29, 1.82) is 0 Å². The molecule has 2 heterocycles. The van der Waals surface area contributed by atoms with Crippen LogP contribution in [0.1, 0.15) is 42.1 Å². The maximum absolute atomic E-state index is 12.6. The first-order chi connectivity index (χ1) is 14.4. The van der Waals surface area contributed by atoms with Crippen LogP contribution in [0.15, 0.2) is 63.8 Å². The van der Waals surface area contributed by atoms with Crippen molar-refractivity contribution in [1.82, 2.24) is 5.32 Å². The number of hydrogen-bond acceptors (Lipinski definition) is 5. The molecular formula is C23H20N2O5. The van der Waals surface area contributed by atoms with Crippen LogP contribution in [-0.4, -0.2) is 17.7 Å². The summed E-state index contributed by atoms with van der Waals surface area (Å²) in [7, 11) is 0. The van der Waals surface area contributed by atoms with E-state index >= 15 is 0 Å². The monoisotopic (exact) mass is 404 g/mol. The summed E-state index contributed by atoms with van der Waals surface area (Å²) in [5.74, 6) is -1.14. The summed E-state index contributed by atoms with van der Waals surface area (Å²) in [6.45, 7) is 1.91. The van der Waals surface area contributed by atoms with Crippen LogP contribution in [-0.2, 0) is 15.0 Å². The van der Waals surface area contributed by atoms with Gasteiger partial charge in [-0.15, -0.1) is 0 Å². The second kappa shape index (κ2) is 7.59. The lowest BCUT2D eigenvalue weighted by Gasteiger charge is -2.35. The summed E-state index contributed by atoms with van der Waals surface area (Å²) in [6.07, 6.45) is 1.28. The molecule has 1 fully saturated rings. The number of rotatable bonds is 4. The highest BCUT2D eigenvalue weighted by Crippen LogP contribution is 2.36. The Morgan fingerprint density at radius 3 is 2.53 bits per heavy atom. The second-order valence-electron chi connectivity index (χ2n) is 7.33. The molecule has 4 rings (SSSR count). The van der Waals surface area contributed by atoms with Crippen LogP contribution in [0.25, 0.3) is 11.0 Å². The highest BCUT2D eigenvalue weighted by Gasteiger charge is 2.42. The zero-order valence-electron chi connectivity index (χ0n) is 16.4. The molecule has 0 radical (unpaired) electrons. The number of amides is 3. The minimum Gasteiger partial charge on any atom is -0.422 e.